The van der Waals surface area contributed by atoms with E-state index in [1.807, 2.05) is 23.1 Å². The fourth-order valence-corrected chi connectivity index (χ4v) is 2.47. The molecule has 1 saturated heterocycles. The Hall–Kier alpha value is -2.23. The van der Waals surface area contributed by atoms with Gasteiger partial charge in [0.25, 0.3) is 5.56 Å². The molecule has 102 valence electrons. The monoisotopic (exact) mass is 269 g/mol. The Morgan fingerprint density at radius 1 is 1.45 bits per heavy atom. The molecule has 20 heavy (non-hydrogen) atoms. The summed E-state index contributed by atoms with van der Waals surface area (Å²) < 4.78 is 0. The van der Waals surface area contributed by atoms with Crippen LogP contribution in [-0.4, -0.2) is 40.5 Å². The van der Waals surface area contributed by atoms with E-state index >= 15 is 0 Å². The molecule has 2 aromatic rings. The third kappa shape index (κ3) is 2.41. The molecule has 0 amide bonds. The molecule has 0 bridgehead atoms. The van der Waals surface area contributed by atoms with Crippen LogP contribution in [0.4, 0.5) is 0 Å². The molecule has 1 fully saturated rings. The van der Waals surface area contributed by atoms with Crippen molar-refractivity contribution in [2.75, 3.05) is 19.6 Å². The zero-order valence-corrected chi connectivity index (χ0v) is 11.0. The van der Waals surface area contributed by atoms with E-state index in [-0.39, 0.29) is 11.6 Å². The van der Waals surface area contributed by atoms with Crippen molar-refractivity contribution in [1.82, 2.24) is 20.2 Å². The number of aromatic nitrogens is 2. The summed E-state index contributed by atoms with van der Waals surface area (Å²) in [4.78, 5) is 21.3. The maximum Gasteiger partial charge on any atom is 0.258 e. The van der Waals surface area contributed by atoms with E-state index in [0.29, 0.717) is 29.8 Å². The van der Waals surface area contributed by atoms with Crippen molar-refractivity contribution in [2.45, 2.75) is 12.6 Å². The fraction of sp³-hybridized carbons (Fsp3) is 0.357. The van der Waals surface area contributed by atoms with Gasteiger partial charge < -0.3 is 10.3 Å². The first-order valence-electron chi connectivity index (χ1n) is 6.60. The molecule has 0 aliphatic carbocycles. The molecule has 3 rings (SSSR count). The van der Waals surface area contributed by atoms with Crippen LogP contribution >= 0.6 is 0 Å². The Morgan fingerprint density at radius 2 is 2.30 bits per heavy atom. The zero-order chi connectivity index (χ0) is 13.9. The number of hydrogen-bond donors (Lipinski definition) is 2. The van der Waals surface area contributed by atoms with E-state index in [4.69, 9.17) is 5.26 Å². The van der Waals surface area contributed by atoms with E-state index < -0.39 is 0 Å². The highest BCUT2D eigenvalue weighted by atomic mass is 16.1. The number of nitriles is 1. The molecule has 1 unspecified atom stereocenters. The lowest BCUT2D eigenvalue weighted by molar-refractivity contribution is 0.185. The highest BCUT2D eigenvalue weighted by molar-refractivity contribution is 5.77. The molecule has 1 aliphatic heterocycles. The second-order valence-corrected chi connectivity index (χ2v) is 4.85. The summed E-state index contributed by atoms with van der Waals surface area (Å²) in [7, 11) is 0. The molecule has 2 heterocycles. The first-order valence-corrected chi connectivity index (χ1v) is 6.60. The van der Waals surface area contributed by atoms with Gasteiger partial charge in [-0.05, 0) is 12.1 Å². The lowest BCUT2D eigenvalue weighted by atomic mass is 10.2. The zero-order valence-electron chi connectivity index (χ0n) is 11.0. The van der Waals surface area contributed by atoms with Gasteiger partial charge in [-0.1, -0.05) is 12.1 Å². The molecule has 1 aromatic heterocycles. The molecule has 0 radical (unpaired) electrons. The average Bonchev–Trinajstić information content (AvgIpc) is 2.48. The topological polar surface area (TPSA) is 84.8 Å². The van der Waals surface area contributed by atoms with Gasteiger partial charge in [0.2, 0.25) is 0 Å². The van der Waals surface area contributed by atoms with Gasteiger partial charge in [-0.3, -0.25) is 9.69 Å². The van der Waals surface area contributed by atoms with Crippen molar-refractivity contribution in [3.05, 3.63) is 40.4 Å². The number of nitrogens with one attached hydrogen (secondary N) is 2. The van der Waals surface area contributed by atoms with Gasteiger partial charge in [-0.15, -0.1) is 0 Å². The average molecular weight is 269 g/mol. The molecule has 1 aromatic carbocycles. The van der Waals surface area contributed by atoms with Crippen molar-refractivity contribution in [3.63, 3.8) is 0 Å². The third-order valence-corrected chi connectivity index (χ3v) is 3.52. The molecular formula is C14H15N5O. The van der Waals surface area contributed by atoms with Crippen molar-refractivity contribution in [3.8, 4) is 6.07 Å². The molecule has 0 spiro atoms. The van der Waals surface area contributed by atoms with Gasteiger partial charge >= 0.3 is 0 Å². The second-order valence-electron chi connectivity index (χ2n) is 4.85. The molecule has 1 atom stereocenters. The van der Waals surface area contributed by atoms with E-state index in [9.17, 15) is 4.79 Å². The van der Waals surface area contributed by atoms with Crippen LogP contribution in [0.25, 0.3) is 10.9 Å². The van der Waals surface area contributed by atoms with Crippen LogP contribution in [0.2, 0.25) is 0 Å². The van der Waals surface area contributed by atoms with Gasteiger partial charge in [0.05, 0.1) is 23.5 Å². The van der Waals surface area contributed by atoms with E-state index in [1.165, 1.54) is 0 Å². The Balaban J connectivity index is 1.91. The lowest BCUT2D eigenvalue weighted by Gasteiger charge is -2.31. The van der Waals surface area contributed by atoms with Crippen molar-refractivity contribution >= 4 is 10.9 Å². The van der Waals surface area contributed by atoms with Crippen LogP contribution in [-0.2, 0) is 6.54 Å². The lowest BCUT2D eigenvalue weighted by Crippen LogP contribution is -2.50. The molecule has 1 aliphatic rings. The number of hydrogen-bond acceptors (Lipinski definition) is 5. The molecule has 6 nitrogen and oxygen atoms in total. The minimum atomic E-state index is -0.180. The number of nitrogens with zero attached hydrogens (tertiary/aromatic N) is 3. The number of fused-ring (bicyclic) bond motifs is 1. The smallest absolute Gasteiger partial charge is 0.258 e. The van der Waals surface area contributed by atoms with Crippen molar-refractivity contribution < 1.29 is 0 Å². The fourth-order valence-electron chi connectivity index (χ4n) is 2.47. The van der Waals surface area contributed by atoms with Crippen LogP contribution in [0.15, 0.2) is 29.1 Å². The second kappa shape index (κ2) is 5.41. The summed E-state index contributed by atoms with van der Waals surface area (Å²) in [6.45, 7) is 2.75. The van der Waals surface area contributed by atoms with Gasteiger partial charge in [0.1, 0.15) is 11.9 Å². The van der Waals surface area contributed by atoms with Crippen molar-refractivity contribution in [2.24, 2.45) is 0 Å². The summed E-state index contributed by atoms with van der Waals surface area (Å²) in [6.07, 6.45) is 0. The highest BCUT2D eigenvalue weighted by Crippen LogP contribution is 2.09. The summed E-state index contributed by atoms with van der Waals surface area (Å²) in [5.74, 6) is 0.607. The number of rotatable bonds is 2. The number of aromatic amines is 1. The van der Waals surface area contributed by atoms with E-state index in [1.54, 1.807) is 6.07 Å². The van der Waals surface area contributed by atoms with Crippen LogP contribution in [0, 0.1) is 11.3 Å². The number of piperazine rings is 1. The maximum absolute atomic E-state index is 12.0. The Kier molecular flexibility index (Phi) is 3.46. The Bertz CT molecular complexity index is 717. The van der Waals surface area contributed by atoms with Crippen LogP contribution in [0.5, 0.6) is 0 Å². The van der Waals surface area contributed by atoms with Gasteiger partial charge in [0.15, 0.2) is 0 Å². The standard InChI is InChI=1S/C14H15N5O/c15-7-10-8-16-5-6-19(10)9-13-17-12-4-2-1-3-11(12)14(20)18-13/h1-4,10,16H,5-6,8-9H2,(H,17,18,20). The van der Waals surface area contributed by atoms with Gasteiger partial charge in [0, 0.05) is 19.6 Å². The number of para-hydroxylation sites is 1. The van der Waals surface area contributed by atoms with E-state index in [2.05, 4.69) is 21.4 Å². The Labute approximate surface area is 116 Å². The summed E-state index contributed by atoms with van der Waals surface area (Å²) in [6, 6.07) is 9.36. The minimum Gasteiger partial charge on any atom is -0.313 e. The third-order valence-electron chi connectivity index (χ3n) is 3.52. The summed E-state index contributed by atoms with van der Waals surface area (Å²) in [5, 5.41) is 12.9. The highest BCUT2D eigenvalue weighted by Gasteiger charge is 2.22. The van der Waals surface area contributed by atoms with Gasteiger partial charge in [-0.25, -0.2) is 4.98 Å². The van der Waals surface area contributed by atoms with Crippen LogP contribution in [0.1, 0.15) is 5.82 Å². The Morgan fingerprint density at radius 3 is 3.15 bits per heavy atom. The van der Waals surface area contributed by atoms with Gasteiger partial charge in [-0.2, -0.15) is 5.26 Å². The molecule has 6 heteroatoms. The first kappa shape index (κ1) is 12.8. The van der Waals surface area contributed by atoms with E-state index in [0.717, 1.165) is 13.1 Å². The summed E-state index contributed by atoms with van der Waals surface area (Å²) in [5.41, 5.74) is 0.559. The SMILES string of the molecule is N#CC1CNCCN1Cc1nc2ccccc2c(=O)[nH]1. The predicted octanol–water partition coefficient (Wildman–Crippen LogP) is 0.220. The van der Waals surface area contributed by atoms with Crippen LogP contribution in [0.3, 0.4) is 0 Å². The van der Waals surface area contributed by atoms with Crippen LogP contribution < -0.4 is 10.9 Å². The van der Waals surface area contributed by atoms with Crippen molar-refractivity contribution in [1.29, 1.82) is 5.26 Å². The predicted molar refractivity (Wildman–Crippen MR) is 75.0 cm³/mol. The normalized spacial score (nSPS) is 19.9. The summed E-state index contributed by atoms with van der Waals surface area (Å²) >= 11 is 0. The number of H-pyrrole nitrogens is 1. The molecule has 0 saturated carbocycles. The quantitative estimate of drug-likeness (QED) is 0.814. The maximum atomic E-state index is 12.0. The molecule has 2 N–H and O–H groups in total. The number of benzene rings is 1. The molecular weight excluding hydrogens is 254 g/mol. The minimum absolute atomic E-state index is 0.130. The largest absolute Gasteiger partial charge is 0.313 e. The first-order chi connectivity index (χ1) is 9.78.